The molecule has 2 nitrogen and oxygen atoms in total. The first-order chi connectivity index (χ1) is 8.13. The van der Waals surface area contributed by atoms with Crippen molar-refractivity contribution < 1.29 is 4.79 Å². The Labute approximate surface area is 110 Å². The van der Waals surface area contributed by atoms with E-state index in [2.05, 4.69) is 0 Å². The number of carbonyl (C=O) groups excluding carboxylic acids is 1. The molecule has 1 aromatic carbocycles. The van der Waals surface area contributed by atoms with Crippen molar-refractivity contribution in [1.82, 2.24) is 0 Å². The first kappa shape index (κ1) is 13.8. The molecule has 1 rings (SSSR count). The van der Waals surface area contributed by atoms with Gasteiger partial charge in [-0.2, -0.15) is 5.26 Å². The fourth-order valence-electron chi connectivity index (χ4n) is 1.22. The second kappa shape index (κ2) is 7.16. The van der Waals surface area contributed by atoms with Gasteiger partial charge in [-0.3, -0.25) is 4.79 Å². The molecule has 0 atom stereocenters. The highest BCUT2D eigenvalue weighted by Crippen LogP contribution is 2.17. The Hall–Kier alpha value is -1.24. The van der Waals surface area contributed by atoms with E-state index < -0.39 is 0 Å². The Morgan fingerprint density at radius 3 is 3.00 bits per heavy atom. The van der Waals surface area contributed by atoms with Gasteiger partial charge in [-0.15, -0.1) is 0 Å². The van der Waals surface area contributed by atoms with E-state index in [1.54, 1.807) is 19.1 Å². The van der Waals surface area contributed by atoms with E-state index in [1.165, 1.54) is 11.8 Å². The normalized spacial score (nSPS) is 10.4. The van der Waals surface area contributed by atoms with Gasteiger partial charge in [0.2, 0.25) is 0 Å². The first-order valence-electron chi connectivity index (χ1n) is 5.13. The minimum Gasteiger partial charge on any atom is -0.288 e. The van der Waals surface area contributed by atoms with Crippen molar-refractivity contribution in [3.05, 3.63) is 40.4 Å². The lowest BCUT2D eigenvalue weighted by Gasteiger charge is -1.97. The maximum atomic E-state index is 10.7. The van der Waals surface area contributed by atoms with Crippen molar-refractivity contribution in [1.29, 1.82) is 5.26 Å². The summed E-state index contributed by atoms with van der Waals surface area (Å²) in [5.74, 6) is 0.782. The molecule has 0 heterocycles. The highest BCUT2D eigenvalue weighted by Gasteiger charge is 1.98. The smallest absolute Gasteiger partial charge is 0.185 e. The molecule has 0 aliphatic rings. The van der Waals surface area contributed by atoms with Crippen LogP contribution in [0.25, 0.3) is 6.08 Å². The van der Waals surface area contributed by atoms with Gasteiger partial charge in [0.25, 0.3) is 0 Å². The van der Waals surface area contributed by atoms with E-state index in [0.29, 0.717) is 10.6 Å². The molecule has 0 aliphatic heterocycles. The van der Waals surface area contributed by atoms with Gasteiger partial charge in [0.1, 0.15) is 6.07 Å². The maximum absolute atomic E-state index is 10.7. The van der Waals surface area contributed by atoms with E-state index in [1.807, 2.05) is 24.3 Å². The topological polar surface area (TPSA) is 40.9 Å². The Kier molecular flexibility index (Phi) is 5.82. The largest absolute Gasteiger partial charge is 0.288 e. The summed E-state index contributed by atoms with van der Waals surface area (Å²) >= 11 is 7.14. The molecule has 0 saturated heterocycles. The van der Waals surface area contributed by atoms with Crippen LogP contribution in [-0.2, 0) is 4.79 Å². The number of thioether (sulfide) groups is 1. The van der Waals surface area contributed by atoms with E-state index >= 15 is 0 Å². The molecule has 1 aromatic rings. The predicted molar refractivity (Wildman–Crippen MR) is 73.0 cm³/mol. The van der Waals surface area contributed by atoms with Crippen LogP contribution in [0.15, 0.2) is 24.3 Å². The van der Waals surface area contributed by atoms with Gasteiger partial charge < -0.3 is 0 Å². The monoisotopic (exact) mass is 265 g/mol. The fraction of sp³-hybridized carbons (Fsp3) is 0.231. The van der Waals surface area contributed by atoms with E-state index in [9.17, 15) is 4.79 Å². The van der Waals surface area contributed by atoms with Crippen LogP contribution in [0.5, 0.6) is 0 Å². The highest BCUT2D eigenvalue weighted by molar-refractivity contribution is 8.13. The zero-order chi connectivity index (χ0) is 12.7. The third kappa shape index (κ3) is 5.08. The summed E-state index contributed by atoms with van der Waals surface area (Å²) < 4.78 is 0. The second-order valence-electron chi connectivity index (χ2n) is 3.38. The molecule has 0 radical (unpaired) electrons. The first-order valence-corrected chi connectivity index (χ1v) is 6.49. The fourth-order valence-corrected chi connectivity index (χ4v) is 1.92. The van der Waals surface area contributed by atoms with Gasteiger partial charge in [-0.05, 0) is 24.1 Å². The number of nitriles is 1. The lowest BCUT2D eigenvalue weighted by Crippen LogP contribution is -1.84. The SMILES string of the molecule is CC(=O)SCCC=Cc1ccc(Cl)c(C#N)c1. The summed E-state index contributed by atoms with van der Waals surface area (Å²) in [5.41, 5.74) is 1.42. The molecule has 88 valence electrons. The van der Waals surface area contributed by atoms with Crippen molar-refractivity contribution in [2.45, 2.75) is 13.3 Å². The molecule has 0 aromatic heterocycles. The molecule has 0 bridgehead atoms. The number of benzene rings is 1. The zero-order valence-corrected chi connectivity index (χ0v) is 11.0. The molecular weight excluding hydrogens is 254 g/mol. The van der Waals surface area contributed by atoms with Crippen LogP contribution in [0.4, 0.5) is 0 Å². The van der Waals surface area contributed by atoms with Crippen molar-refractivity contribution in [3.8, 4) is 6.07 Å². The average molecular weight is 266 g/mol. The Balaban J connectivity index is 2.54. The summed E-state index contributed by atoms with van der Waals surface area (Å²) in [4.78, 5) is 10.7. The summed E-state index contributed by atoms with van der Waals surface area (Å²) in [5, 5.41) is 9.42. The summed E-state index contributed by atoms with van der Waals surface area (Å²) in [7, 11) is 0. The number of hydrogen-bond donors (Lipinski definition) is 0. The van der Waals surface area contributed by atoms with Crippen LogP contribution in [0.1, 0.15) is 24.5 Å². The van der Waals surface area contributed by atoms with Crippen molar-refractivity contribution >= 4 is 34.6 Å². The van der Waals surface area contributed by atoms with Crippen LogP contribution >= 0.6 is 23.4 Å². The van der Waals surface area contributed by atoms with Crippen LogP contribution in [0.3, 0.4) is 0 Å². The molecule has 17 heavy (non-hydrogen) atoms. The van der Waals surface area contributed by atoms with Gasteiger partial charge in [0.15, 0.2) is 5.12 Å². The Morgan fingerprint density at radius 2 is 2.35 bits per heavy atom. The Bertz CT molecular complexity index is 477. The number of halogens is 1. The standard InChI is InChI=1S/C13H12ClNOS/c1-10(16)17-7-3-2-4-11-5-6-13(14)12(8-11)9-15/h2,4-6,8H,3,7H2,1H3. The minimum absolute atomic E-state index is 0.136. The zero-order valence-electron chi connectivity index (χ0n) is 9.44. The molecule has 0 amide bonds. The van der Waals surface area contributed by atoms with Crippen molar-refractivity contribution in [3.63, 3.8) is 0 Å². The van der Waals surface area contributed by atoms with Gasteiger partial charge in [-0.25, -0.2) is 0 Å². The lowest BCUT2D eigenvalue weighted by molar-refractivity contribution is -0.109. The summed E-state index contributed by atoms with van der Waals surface area (Å²) in [6, 6.07) is 7.36. The van der Waals surface area contributed by atoms with E-state index in [4.69, 9.17) is 16.9 Å². The summed E-state index contributed by atoms with van der Waals surface area (Å²) in [6.45, 7) is 1.56. The van der Waals surface area contributed by atoms with Gasteiger partial charge in [0, 0.05) is 12.7 Å². The molecule has 0 fully saturated rings. The number of nitrogens with zero attached hydrogens (tertiary/aromatic N) is 1. The third-order valence-electron chi connectivity index (χ3n) is 2.01. The van der Waals surface area contributed by atoms with Crippen LogP contribution in [-0.4, -0.2) is 10.9 Å². The number of allylic oxidation sites excluding steroid dienone is 1. The highest BCUT2D eigenvalue weighted by atomic mass is 35.5. The van der Waals surface area contributed by atoms with Crippen LogP contribution < -0.4 is 0 Å². The van der Waals surface area contributed by atoms with E-state index in [0.717, 1.165) is 17.7 Å². The number of rotatable bonds is 4. The molecular formula is C13H12ClNOS. The number of hydrogen-bond acceptors (Lipinski definition) is 3. The predicted octanol–water partition coefficient (Wildman–Crippen LogP) is 3.89. The third-order valence-corrected chi connectivity index (χ3v) is 3.19. The second-order valence-corrected chi connectivity index (χ2v) is 5.06. The minimum atomic E-state index is 0.136. The molecule has 0 spiro atoms. The molecule has 0 saturated carbocycles. The van der Waals surface area contributed by atoms with E-state index in [-0.39, 0.29) is 5.12 Å². The van der Waals surface area contributed by atoms with Gasteiger partial charge in [-0.1, -0.05) is 41.6 Å². The molecule has 0 unspecified atom stereocenters. The van der Waals surface area contributed by atoms with Gasteiger partial charge in [0.05, 0.1) is 10.6 Å². The number of carbonyl (C=O) groups is 1. The molecule has 0 aliphatic carbocycles. The summed E-state index contributed by atoms with van der Waals surface area (Å²) in [6.07, 6.45) is 4.74. The van der Waals surface area contributed by atoms with Crippen molar-refractivity contribution in [2.75, 3.05) is 5.75 Å². The molecule has 4 heteroatoms. The lowest BCUT2D eigenvalue weighted by atomic mass is 10.1. The Morgan fingerprint density at radius 1 is 1.59 bits per heavy atom. The average Bonchev–Trinajstić information content (AvgIpc) is 2.30. The molecule has 0 N–H and O–H groups in total. The quantitative estimate of drug-likeness (QED) is 0.776. The van der Waals surface area contributed by atoms with Gasteiger partial charge >= 0.3 is 0 Å². The van der Waals surface area contributed by atoms with Crippen molar-refractivity contribution in [2.24, 2.45) is 0 Å². The van der Waals surface area contributed by atoms with Crippen LogP contribution in [0.2, 0.25) is 5.02 Å². The maximum Gasteiger partial charge on any atom is 0.185 e. The van der Waals surface area contributed by atoms with Crippen LogP contribution in [0, 0.1) is 11.3 Å².